The molecule has 6 heteroatoms. The van der Waals surface area contributed by atoms with Gasteiger partial charge in [-0.15, -0.1) is 0 Å². The van der Waals surface area contributed by atoms with Crippen molar-refractivity contribution in [2.45, 2.75) is 19.1 Å². The summed E-state index contributed by atoms with van der Waals surface area (Å²) >= 11 is 4.95. The van der Waals surface area contributed by atoms with E-state index in [-0.39, 0.29) is 11.6 Å². The van der Waals surface area contributed by atoms with Gasteiger partial charge in [0, 0.05) is 13.1 Å². The van der Waals surface area contributed by atoms with Crippen molar-refractivity contribution in [3.05, 3.63) is 29.8 Å². The second-order valence-electron chi connectivity index (χ2n) is 4.90. The second kappa shape index (κ2) is 8.16. The van der Waals surface area contributed by atoms with E-state index < -0.39 is 12.2 Å². The van der Waals surface area contributed by atoms with E-state index in [1.54, 1.807) is 19.1 Å². The minimum atomic E-state index is -0.654. The van der Waals surface area contributed by atoms with Crippen LogP contribution in [0.2, 0.25) is 0 Å². The number of likely N-dealkylation sites (N-methyl/N-ethyl adjacent to an activating group) is 1. The summed E-state index contributed by atoms with van der Waals surface area (Å²) in [4.78, 5) is 2.11. The van der Waals surface area contributed by atoms with Crippen LogP contribution in [-0.4, -0.2) is 59.1 Å². The number of ether oxygens (including phenoxy) is 1. The van der Waals surface area contributed by atoms with Crippen LogP contribution in [0, 0.1) is 0 Å². The first-order chi connectivity index (χ1) is 9.40. The summed E-state index contributed by atoms with van der Waals surface area (Å²) in [7, 11) is 1.83. The smallest absolute Gasteiger partial charge is 0.129 e. The summed E-state index contributed by atoms with van der Waals surface area (Å²) in [6, 6.07) is 7.20. The lowest BCUT2D eigenvalue weighted by atomic mass is 10.2. The van der Waals surface area contributed by atoms with Gasteiger partial charge >= 0.3 is 0 Å². The first-order valence-electron chi connectivity index (χ1n) is 6.46. The molecule has 0 radical (unpaired) electrons. The molecule has 0 fully saturated rings. The van der Waals surface area contributed by atoms with Crippen LogP contribution >= 0.6 is 12.2 Å². The lowest BCUT2D eigenvalue weighted by Crippen LogP contribution is -2.36. The Bertz CT molecular complexity index is 440. The highest BCUT2D eigenvalue weighted by Gasteiger charge is 2.12. The van der Waals surface area contributed by atoms with Crippen molar-refractivity contribution >= 4 is 17.2 Å². The molecule has 0 amide bonds. The van der Waals surface area contributed by atoms with Crippen LogP contribution in [0.5, 0.6) is 5.75 Å². The summed E-state index contributed by atoms with van der Waals surface area (Å²) in [5, 5.41) is 19.2. The van der Waals surface area contributed by atoms with Gasteiger partial charge in [-0.05, 0) is 26.1 Å². The largest absolute Gasteiger partial charge is 0.490 e. The van der Waals surface area contributed by atoms with Crippen molar-refractivity contribution in [1.82, 2.24) is 4.90 Å². The maximum atomic E-state index is 9.91. The highest BCUT2D eigenvalue weighted by Crippen LogP contribution is 2.17. The fourth-order valence-electron chi connectivity index (χ4n) is 1.92. The third kappa shape index (κ3) is 5.83. The Morgan fingerprint density at radius 1 is 1.35 bits per heavy atom. The number of rotatable bonds is 8. The highest BCUT2D eigenvalue weighted by molar-refractivity contribution is 7.80. The zero-order valence-corrected chi connectivity index (χ0v) is 12.6. The van der Waals surface area contributed by atoms with E-state index in [4.69, 9.17) is 22.7 Å². The molecule has 0 aliphatic carbocycles. The van der Waals surface area contributed by atoms with Crippen LogP contribution in [0.25, 0.3) is 0 Å². The van der Waals surface area contributed by atoms with Gasteiger partial charge < -0.3 is 25.6 Å². The number of aliphatic hydroxyl groups is 2. The van der Waals surface area contributed by atoms with Gasteiger partial charge in [-0.25, -0.2) is 0 Å². The molecule has 0 aliphatic heterocycles. The van der Waals surface area contributed by atoms with Crippen LogP contribution in [0.1, 0.15) is 12.5 Å². The van der Waals surface area contributed by atoms with E-state index >= 15 is 0 Å². The SMILES string of the molecule is CC(O)CN(C)CC(O)COc1ccccc1C(N)=S. The summed E-state index contributed by atoms with van der Waals surface area (Å²) < 4.78 is 5.56. The van der Waals surface area contributed by atoms with Gasteiger partial charge in [0.05, 0.1) is 11.7 Å². The minimum absolute atomic E-state index is 0.143. The summed E-state index contributed by atoms with van der Waals surface area (Å²) in [5.41, 5.74) is 6.27. The Labute approximate surface area is 125 Å². The Balaban J connectivity index is 2.49. The first kappa shape index (κ1) is 16.8. The molecule has 0 bridgehead atoms. The van der Waals surface area contributed by atoms with Gasteiger partial charge in [-0.1, -0.05) is 24.4 Å². The summed E-state index contributed by atoms with van der Waals surface area (Å²) in [6.07, 6.45) is -1.08. The molecule has 0 aromatic heterocycles. The van der Waals surface area contributed by atoms with E-state index in [0.29, 0.717) is 24.4 Å². The quantitative estimate of drug-likeness (QED) is 0.602. The number of hydrogen-bond acceptors (Lipinski definition) is 5. The zero-order chi connectivity index (χ0) is 15.1. The summed E-state index contributed by atoms with van der Waals surface area (Å²) in [6.45, 7) is 2.77. The van der Waals surface area contributed by atoms with Gasteiger partial charge in [-0.2, -0.15) is 0 Å². The Hall–Kier alpha value is -1.21. The zero-order valence-electron chi connectivity index (χ0n) is 11.8. The van der Waals surface area contributed by atoms with E-state index in [1.165, 1.54) is 0 Å². The molecule has 1 aromatic carbocycles. The van der Waals surface area contributed by atoms with E-state index in [2.05, 4.69) is 0 Å². The van der Waals surface area contributed by atoms with E-state index in [1.807, 2.05) is 24.1 Å². The minimum Gasteiger partial charge on any atom is -0.490 e. The lowest BCUT2D eigenvalue weighted by Gasteiger charge is -2.22. The Morgan fingerprint density at radius 3 is 2.60 bits per heavy atom. The molecule has 0 aliphatic rings. The molecule has 2 unspecified atom stereocenters. The van der Waals surface area contributed by atoms with Gasteiger partial charge in [0.2, 0.25) is 0 Å². The number of aliphatic hydroxyl groups excluding tert-OH is 2. The summed E-state index contributed by atoms with van der Waals surface area (Å²) in [5.74, 6) is 0.567. The number of hydrogen-bond donors (Lipinski definition) is 3. The van der Waals surface area contributed by atoms with Crippen LogP contribution < -0.4 is 10.5 Å². The number of para-hydroxylation sites is 1. The maximum absolute atomic E-state index is 9.91. The van der Waals surface area contributed by atoms with Crippen molar-refractivity contribution in [2.75, 3.05) is 26.7 Å². The number of benzene rings is 1. The molecule has 112 valence electrons. The van der Waals surface area contributed by atoms with Crippen molar-refractivity contribution in [2.24, 2.45) is 5.73 Å². The van der Waals surface area contributed by atoms with Crippen molar-refractivity contribution in [1.29, 1.82) is 0 Å². The number of thiocarbonyl (C=S) groups is 1. The molecule has 20 heavy (non-hydrogen) atoms. The van der Waals surface area contributed by atoms with Gasteiger partial charge in [-0.3, -0.25) is 0 Å². The average Bonchev–Trinajstić information content (AvgIpc) is 2.35. The lowest BCUT2D eigenvalue weighted by molar-refractivity contribution is 0.0598. The van der Waals surface area contributed by atoms with Gasteiger partial charge in [0.25, 0.3) is 0 Å². The number of nitrogens with two attached hydrogens (primary N) is 1. The average molecular weight is 298 g/mol. The normalized spacial score (nSPS) is 14.1. The molecule has 5 nitrogen and oxygen atoms in total. The van der Waals surface area contributed by atoms with Gasteiger partial charge in [0.15, 0.2) is 0 Å². The molecule has 0 saturated heterocycles. The highest BCUT2D eigenvalue weighted by atomic mass is 32.1. The van der Waals surface area contributed by atoms with E-state index in [0.717, 1.165) is 0 Å². The predicted octanol–water partition coefficient (Wildman–Crippen LogP) is 0.373. The standard InChI is InChI=1S/C14H22N2O3S/c1-10(17)7-16(2)8-11(18)9-19-13-6-4-3-5-12(13)14(15)20/h3-6,10-11,17-18H,7-9H2,1-2H3,(H2,15,20). The van der Waals surface area contributed by atoms with Gasteiger partial charge in [0.1, 0.15) is 23.4 Å². The van der Waals surface area contributed by atoms with Crippen LogP contribution in [0.4, 0.5) is 0 Å². The molecule has 0 heterocycles. The van der Waals surface area contributed by atoms with Crippen LogP contribution in [0.3, 0.4) is 0 Å². The molecule has 0 saturated carbocycles. The Morgan fingerprint density at radius 2 is 2.00 bits per heavy atom. The third-order valence-electron chi connectivity index (χ3n) is 2.68. The number of nitrogens with zero attached hydrogens (tertiary/aromatic N) is 1. The maximum Gasteiger partial charge on any atom is 0.129 e. The first-order valence-corrected chi connectivity index (χ1v) is 6.87. The van der Waals surface area contributed by atoms with Crippen molar-refractivity contribution in [3.63, 3.8) is 0 Å². The topological polar surface area (TPSA) is 79.0 Å². The van der Waals surface area contributed by atoms with Crippen molar-refractivity contribution in [3.8, 4) is 5.75 Å². The van der Waals surface area contributed by atoms with Crippen LogP contribution in [-0.2, 0) is 0 Å². The Kier molecular flexibility index (Phi) is 6.87. The van der Waals surface area contributed by atoms with E-state index in [9.17, 15) is 10.2 Å². The van der Waals surface area contributed by atoms with Crippen LogP contribution in [0.15, 0.2) is 24.3 Å². The second-order valence-corrected chi connectivity index (χ2v) is 5.34. The molecule has 0 spiro atoms. The predicted molar refractivity (Wildman–Crippen MR) is 83.0 cm³/mol. The molecule has 1 rings (SSSR count). The molecule has 2 atom stereocenters. The monoisotopic (exact) mass is 298 g/mol. The fraction of sp³-hybridized carbons (Fsp3) is 0.500. The molecule has 4 N–H and O–H groups in total. The molecular weight excluding hydrogens is 276 g/mol. The third-order valence-corrected chi connectivity index (χ3v) is 2.90. The fourth-order valence-corrected chi connectivity index (χ4v) is 2.09. The molecule has 1 aromatic rings. The molecular formula is C14H22N2O3S. The van der Waals surface area contributed by atoms with Crippen molar-refractivity contribution < 1.29 is 14.9 Å².